The lowest BCUT2D eigenvalue weighted by molar-refractivity contribution is -0.122. The van der Waals surface area contributed by atoms with Crippen molar-refractivity contribution in [2.24, 2.45) is 5.92 Å². The molecule has 1 N–H and O–H groups in total. The maximum Gasteiger partial charge on any atom is 0.230 e. The number of rotatable bonds is 3. The molecule has 20 heavy (non-hydrogen) atoms. The van der Waals surface area contributed by atoms with Crippen LogP contribution in [-0.4, -0.2) is 38.0 Å². The summed E-state index contributed by atoms with van der Waals surface area (Å²) in [6.45, 7) is -0.0358. The molecule has 0 unspecified atom stereocenters. The molecule has 2 rings (SSSR count). The van der Waals surface area contributed by atoms with Crippen LogP contribution in [0.5, 0.6) is 0 Å². The lowest BCUT2D eigenvalue weighted by Gasteiger charge is -2.35. The molecule has 0 aliphatic carbocycles. The smallest absolute Gasteiger partial charge is 0.230 e. The van der Waals surface area contributed by atoms with E-state index in [-0.39, 0.29) is 13.1 Å². The fraction of sp³-hybridized carbons (Fsp3) is 0.364. The molecular formula is C11H11F3N2O3S. The van der Waals surface area contributed by atoms with Gasteiger partial charge in [0, 0.05) is 13.1 Å². The lowest BCUT2D eigenvalue weighted by atomic mass is 10.0. The van der Waals surface area contributed by atoms with Crippen molar-refractivity contribution < 1.29 is 26.4 Å². The van der Waals surface area contributed by atoms with Crippen molar-refractivity contribution in [1.82, 2.24) is 4.31 Å². The molecule has 9 heteroatoms. The second kappa shape index (κ2) is 5.06. The van der Waals surface area contributed by atoms with Crippen LogP contribution in [0.25, 0.3) is 0 Å². The van der Waals surface area contributed by atoms with Crippen LogP contribution in [0.3, 0.4) is 0 Å². The number of hydrogen-bond acceptors (Lipinski definition) is 3. The van der Waals surface area contributed by atoms with Gasteiger partial charge in [-0.15, -0.1) is 0 Å². The first-order valence-corrected chi connectivity index (χ1v) is 7.44. The Hall–Kier alpha value is -1.61. The summed E-state index contributed by atoms with van der Waals surface area (Å²) in [6, 6.07) is 1.59. The van der Waals surface area contributed by atoms with Crippen molar-refractivity contribution in [2.75, 3.05) is 24.7 Å². The Morgan fingerprint density at radius 2 is 1.85 bits per heavy atom. The maximum absolute atomic E-state index is 13.3. The Morgan fingerprint density at radius 1 is 1.25 bits per heavy atom. The van der Waals surface area contributed by atoms with Crippen LogP contribution in [0.4, 0.5) is 18.9 Å². The van der Waals surface area contributed by atoms with E-state index in [1.807, 2.05) is 0 Å². The average molecular weight is 308 g/mol. The fourth-order valence-corrected chi connectivity index (χ4v) is 2.63. The van der Waals surface area contributed by atoms with Crippen molar-refractivity contribution in [2.45, 2.75) is 0 Å². The molecule has 5 nitrogen and oxygen atoms in total. The highest BCUT2D eigenvalue weighted by Gasteiger charge is 2.38. The molecule has 1 saturated heterocycles. The molecule has 110 valence electrons. The van der Waals surface area contributed by atoms with E-state index in [1.54, 1.807) is 0 Å². The van der Waals surface area contributed by atoms with Gasteiger partial charge in [-0.3, -0.25) is 4.79 Å². The largest absolute Gasteiger partial charge is 0.323 e. The first-order valence-electron chi connectivity index (χ1n) is 5.59. The van der Waals surface area contributed by atoms with Crippen LogP contribution < -0.4 is 5.32 Å². The normalized spacial score (nSPS) is 16.8. The molecule has 0 radical (unpaired) electrons. The zero-order valence-electron chi connectivity index (χ0n) is 10.4. The van der Waals surface area contributed by atoms with Gasteiger partial charge in [0.1, 0.15) is 0 Å². The molecule has 0 bridgehead atoms. The molecule has 0 saturated carbocycles. The van der Waals surface area contributed by atoms with Crippen molar-refractivity contribution in [3.05, 3.63) is 29.6 Å². The van der Waals surface area contributed by atoms with Crippen LogP contribution in [0.15, 0.2) is 12.1 Å². The molecule has 1 aliphatic rings. The van der Waals surface area contributed by atoms with Crippen molar-refractivity contribution in [1.29, 1.82) is 0 Å². The Labute approximate surface area is 113 Å². The van der Waals surface area contributed by atoms with E-state index in [0.717, 1.165) is 16.6 Å². The maximum atomic E-state index is 13.3. The van der Waals surface area contributed by atoms with Gasteiger partial charge in [0.25, 0.3) is 0 Å². The SMILES string of the molecule is CS(=O)(=O)N1CC(C(=O)Nc2ccc(F)c(F)c2F)C1. The minimum absolute atomic E-state index is 0.0179. The van der Waals surface area contributed by atoms with E-state index in [1.165, 1.54) is 0 Å². The monoisotopic (exact) mass is 308 g/mol. The second-order valence-electron chi connectivity index (χ2n) is 4.49. The molecule has 1 aromatic rings. The first kappa shape index (κ1) is 14.8. The quantitative estimate of drug-likeness (QED) is 0.845. The Balaban J connectivity index is 2.02. The third-order valence-corrected chi connectivity index (χ3v) is 4.22. The summed E-state index contributed by atoms with van der Waals surface area (Å²) in [6.07, 6.45) is 1.01. The van der Waals surface area contributed by atoms with Crippen molar-refractivity contribution in [3.63, 3.8) is 0 Å². The molecule has 1 amide bonds. The average Bonchev–Trinajstić information content (AvgIpc) is 2.26. The van der Waals surface area contributed by atoms with E-state index < -0.39 is 45.0 Å². The van der Waals surface area contributed by atoms with Crippen LogP contribution in [0.1, 0.15) is 0 Å². The van der Waals surface area contributed by atoms with Gasteiger partial charge < -0.3 is 5.32 Å². The number of halogens is 3. The lowest BCUT2D eigenvalue weighted by Crippen LogP contribution is -2.53. The van der Waals surface area contributed by atoms with Gasteiger partial charge in [0.2, 0.25) is 15.9 Å². The highest BCUT2D eigenvalue weighted by atomic mass is 32.2. The van der Waals surface area contributed by atoms with Crippen molar-refractivity contribution in [3.8, 4) is 0 Å². The molecule has 1 fully saturated rings. The molecule has 0 aromatic heterocycles. The van der Waals surface area contributed by atoms with Crippen molar-refractivity contribution >= 4 is 21.6 Å². The fourth-order valence-electron chi connectivity index (χ4n) is 1.73. The zero-order valence-corrected chi connectivity index (χ0v) is 11.2. The zero-order chi connectivity index (χ0) is 15.1. The third-order valence-electron chi connectivity index (χ3n) is 2.98. The summed E-state index contributed by atoms with van der Waals surface area (Å²) in [4.78, 5) is 11.7. The van der Waals surface area contributed by atoms with Crippen LogP contribution >= 0.6 is 0 Å². The summed E-state index contributed by atoms with van der Waals surface area (Å²) in [5.41, 5.74) is -0.480. The molecular weight excluding hydrogens is 297 g/mol. The third kappa shape index (κ3) is 2.78. The molecule has 0 spiro atoms. The van der Waals surface area contributed by atoms with Gasteiger partial charge in [-0.25, -0.2) is 25.9 Å². The number of benzene rings is 1. The van der Waals surface area contributed by atoms with Crippen LogP contribution in [-0.2, 0) is 14.8 Å². The summed E-state index contributed by atoms with van der Waals surface area (Å²) in [5.74, 6) is -5.80. The minimum atomic E-state index is -3.36. The molecule has 1 heterocycles. The topological polar surface area (TPSA) is 66.5 Å². The van der Waals surface area contributed by atoms with Gasteiger partial charge in [-0.2, -0.15) is 0 Å². The molecule has 1 aromatic carbocycles. The predicted molar refractivity (Wildman–Crippen MR) is 64.9 cm³/mol. The summed E-state index contributed by atoms with van der Waals surface area (Å²) in [7, 11) is -3.36. The summed E-state index contributed by atoms with van der Waals surface area (Å²) < 4.78 is 62.3. The number of carbonyl (C=O) groups is 1. The van der Waals surface area contributed by atoms with E-state index >= 15 is 0 Å². The number of nitrogens with one attached hydrogen (secondary N) is 1. The number of nitrogens with zero attached hydrogens (tertiary/aromatic N) is 1. The van der Waals surface area contributed by atoms with Gasteiger partial charge in [0.15, 0.2) is 17.5 Å². The second-order valence-corrected chi connectivity index (χ2v) is 6.47. The molecule has 0 atom stereocenters. The van der Waals surface area contributed by atoms with Crippen LogP contribution in [0, 0.1) is 23.4 Å². The van der Waals surface area contributed by atoms with E-state index in [9.17, 15) is 26.4 Å². The Kier molecular flexibility index (Phi) is 3.74. The highest BCUT2D eigenvalue weighted by Crippen LogP contribution is 2.23. The number of carbonyl (C=O) groups excluding carboxylic acids is 1. The van der Waals surface area contributed by atoms with E-state index in [2.05, 4.69) is 5.32 Å². The number of hydrogen-bond donors (Lipinski definition) is 1. The summed E-state index contributed by atoms with van der Waals surface area (Å²) >= 11 is 0. The van der Waals surface area contributed by atoms with Crippen LogP contribution in [0.2, 0.25) is 0 Å². The molecule has 1 aliphatic heterocycles. The van der Waals surface area contributed by atoms with Gasteiger partial charge in [-0.05, 0) is 12.1 Å². The first-order chi connectivity index (χ1) is 9.20. The van der Waals surface area contributed by atoms with Gasteiger partial charge in [-0.1, -0.05) is 0 Å². The predicted octanol–water partition coefficient (Wildman–Crippen LogP) is 0.934. The number of sulfonamides is 1. The van der Waals surface area contributed by atoms with Gasteiger partial charge >= 0.3 is 0 Å². The summed E-state index contributed by atoms with van der Waals surface area (Å²) in [5, 5.41) is 2.11. The van der Waals surface area contributed by atoms with Gasteiger partial charge in [0.05, 0.1) is 17.9 Å². The van der Waals surface area contributed by atoms with E-state index in [4.69, 9.17) is 0 Å². The standard InChI is InChI=1S/C11H11F3N2O3S/c1-20(18,19)16-4-6(5-16)11(17)15-8-3-2-7(12)9(13)10(8)14/h2-3,6H,4-5H2,1H3,(H,15,17). The minimum Gasteiger partial charge on any atom is -0.323 e. The number of amides is 1. The Bertz CT molecular complexity index is 657. The van der Waals surface area contributed by atoms with E-state index in [0.29, 0.717) is 6.07 Å². The highest BCUT2D eigenvalue weighted by molar-refractivity contribution is 7.88. The number of anilines is 1. The Morgan fingerprint density at radius 3 is 2.40 bits per heavy atom.